The molecule has 1 atom stereocenters. The number of anilines is 1. The smallest absolute Gasteiger partial charge is 0.225 e. The van der Waals surface area contributed by atoms with Gasteiger partial charge in [-0.3, -0.25) is 9.69 Å². The molecule has 1 aliphatic rings. The minimum absolute atomic E-state index is 0. The Morgan fingerprint density at radius 3 is 2.68 bits per heavy atom. The Kier molecular flexibility index (Phi) is 8.17. The van der Waals surface area contributed by atoms with E-state index in [1.165, 1.54) is 0 Å². The summed E-state index contributed by atoms with van der Waals surface area (Å²) in [5.41, 5.74) is 1.19. The number of benzene rings is 2. The Bertz CT molecular complexity index is 787. The van der Waals surface area contributed by atoms with E-state index in [-0.39, 0.29) is 36.5 Å². The van der Waals surface area contributed by atoms with Crippen molar-refractivity contribution in [2.24, 2.45) is 0 Å². The molecule has 8 heteroatoms. The summed E-state index contributed by atoms with van der Waals surface area (Å²) < 4.78 is 32.0. The zero-order valence-electron chi connectivity index (χ0n) is 15.6. The summed E-state index contributed by atoms with van der Waals surface area (Å²) in [5.74, 6) is -0.902. The lowest BCUT2D eigenvalue weighted by Crippen LogP contribution is -2.46. The molecular formula is C20H24ClF2N3O2. The van der Waals surface area contributed by atoms with Crippen LogP contribution in [0.2, 0.25) is 0 Å². The minimum atomic E-state index is -0.719. The van der Waals surface area contributed by atoms with E-state index in [1.54, 1.807) is 7.11 Å². The molecule has 1 fully saturated rings. The van der Waals surface area contributed by atoms with Crippen molar-refractivity contribution in [3.63, 3.8) is 0 Å². The molecule has 0 spiro atoms. The Morgan fingerprint density at radius 2 is 1.96 bits per heavy atom. The first kappa shape index (κ1) is 22.1. The average Bonchev–Trinajstić information content (AvgIpc) is 2.66. The standard InChI is InChI=1S/C20H23F2N3O2.ClH/c1-27-19-5-3-2-4-17(19)18-13-23-7-9-25(18)8-6-20(26)24-16-11-14(21)10-15(22)12-16;/h2-5,10-12,18,23H,6-9,13H2,1H3,(H,24,26);1H. The van der Waals surface area contributed by atoms with Crippen LogP contribution in [0.5, 0.6) is 5.75 Å². The highest BCUT2D eigenvalue weighted by atomic mass is 35.5. The normalized spacial score (nSPS) is 16.9. The molecule has 0 radical (unpaired) electrons. The van der Waals surface area contributed by atoms with Crippen LogP contribution < -0.4 is 15.4 Å². The van der Waals surface area contributed by atoms with Gasteiger partial charge in [0.1, 0.15) is 17.4 Å². The summed E-state index contributed by atoms with van der Waals surface area (Å²) in [6.07, 6.45) is 0.226. The van der Waals surface area contributed by atoms with E-state index in [2.05, 4.69) is 15.5 Å². The molecule has 28 heavy (non-hydrogen) atoms. The number of hydrogen-bond acceptors (Lipinski definition) is 4. The van der Waals surface area contributed by atoms with E-state index in [0.29, 0.717) is 6.54 Å². The molecule has 3 rings (SSSR count). The maximum atomic E-state index is 13.2. The largest absolute Gasteiger partial charge is 0.496 e. The lowest BCUT2D eigenvalue weighted by molar-refractivity contribution is -0.116. The molecule has 1 amide bonds. The number of piperazine rings is 1. The number of ether oxygens (including phenoxy) is 1. The number of carbonyl (C=O) groups excluding carboxylic acids is 1. The maximum absolute atomic E-state index is 13.2. The number of rotatable bonds is 6. The molecule has 1 heterocycles. The third-order valence-electron chi connectivity index (χ3n) is 4.62. The second-order valence-electron chi connectivity index (χ2n) is 6.45. The number of halogens is 3. The second-order valence-corrected chi connectivity index (χ2v) is 6.45. The highest BCUT2D eigenvalue weighted by molar-refractivity contribution is 5.90. The predicted octanol–water partition coefficient (Wildman–Crippen LogP) is 3.37. The topological polar surface area (TPSA) is 53.6 Å². The number of hydrogen-bond donors (Lipinski definition) is 2. The molecule has 0 bridgehead atoms. The number of nitrogens with zero attached hydrogens (tertiary/aromatic N) is 1. The third kappa shape index (κ3) is 5.64. The number of amides is 1. The molecule has 1 unspecified atom stereocenters. The summed E-state index contributed by atoms with van der Waals surface area (Å²) in [6.45, 7) is 2.93. The SMILES string of the molecule is COc1ccccc1C1CNCCN1CCC(=O)Nc1cc(F)cc(F)c1.Cl. The third-order valence-corrected chi connectivity index (χ3v) is 4.62. The molecule has 0 aromatic heterocycles. The van der Waals surface area contributed by atoms with Crippen LogP contribution in [0.25, 0.3) is 0 Å². The van der Waals surface area contributed by atoms with Crippen molar-refractivity contribution >= 4 is 24.0 Å². The minimum Gasteiger partial charge on any atom is -0.496 e. The van der Waals surface area contributed by atoms with Gasteiger partial charge in [-0.15, -0.1) is 12.4 Å². The van der Waals surface area contributed by atoms with Crippen LogP contribution in [-0.4, -0.2) is 44.1 Å². The van der Waals surface area contributed by atoms with Crippen molar-refractivity contribution in [1.82, 2.24) is 10.2 Å². The van der Waals surface area contributed by atoms with Crippen molar-refractivity contribution in [3.8, 4) is 5.75 Å². The van der Waals surface area contributed by atoms with Crippen molar-refractivity contribution in [2.75, 3.05) is 38.6 Å². The Hall–Kier alpha value is -2.22. The maximum Gasteiger partial charge on any atom is 0.225 e. The first-order chi connectivity index (χ1) is 13.1. The first-order valence-electron chi connectivity index (χ1n) is 8.90. The Labute approximate surface area is 169 Å². The quantitative estimate of drug-likeness (QED) is 0.765. The molecule has 2 aromatic carbocycles. The van der Waals surface area contributed by atoms with E-state index < -0.39 is 11.6 Å². The van der Waals surface area contributed by atoms with Gasteiger partial charge in [0, 0.05) is 49.9 Å². The van der Waals surface area contributed by atoms with E-state index in [0.717, 1.165) is 49.1 Å². The lowest BCUT2D eigenvalue weighted by Gasteiger charge is -2.37. The first-order valence-corrected chi connectivity index (χ1v) is 8.90. The predicted molar refractivity (Wildman–Crippen MR) is 107 cm³/mol. The molecule has 5 nitrogen and oxygen atoms in total. The van der Waals surface area contributed by atoms with Crippen LogP contribution in [0.1, 0.15) is 18.0 Å². The van der Waals surface area contributed by atoms with Gasteiger partial charge in [-0.25, -0.2) is 8.78 Å². The molecule has 1 saturated heterocycles. The number of methoxy groups -OCH3 is 1. The van der Waals surface area contributed by atoms with Gasteiger partial charge < -0.3 is 15.4 Å². The van der Waals surface area contributed by atoms with Crippen LogP contribution in [0.15, 0.2) is 42.5 Å². The molecular weight excluding hydrogens is 388 g/mol. The van der Waals surface area contributed by atoms with Gasteiger partial charge in [-0.05, 0) is 18.2 Å². The van der Waals surface area contributed by atoms with E-state index in [4.69, 9.17) is 4.74 Å². The zero-order valence-corrected chi connectivity index (χ0v) is 16.4. The van der Waals surface area contributed by atoms with Gasteiger partial charge in [0.2, 0.25) is 5.91 Å². The number of nitrogens with one attached hydrogen (secondary N) is 2. The van der Waals surface area contributed by atoms with Crippen LogP contribution in [0, 0.1) is 11.6 Å². The van der Waals surface area contributed by atoms with Crippen LogP contribution in [0.3, 0.4) is 0 Å². The Morgan fingerprint density at radius 1 is 1.25 bits per heavy atom. The van der Waals surface area contributed by atoms with Gasteiger partial charge in [0.05, 0.1) is 13.2 Å². The summed E-state index contributed by atoms with van der Waals surface area (Å²) in [6, 6.07) is 10.9. The van der Waals surface area contributed by atoms with Crippen LogP contribution in [-0.2, 0) is 4.79 Å². The van der Waals surface area contributed by atoms with Crippen molar-refractivity contribution in [3.05, 3.63) is 59.7 Å². The molecule has 2 aromatic rings. The van der Waals surface area contributed by atoms with Crippen LogP contribution >= 0.6 is 12.4 Å². The van der Waals surface area contributed by atoms with E-state index in [9.17, 15) is 13.6 Å². The highest BCUT2D eigenvalue weighted by Crippen LogP contribution is 2.30. The van der Waals surface area contributed by atoms with Gasteiger partial charge in [0.15, 0.2) is 0 Å². The number of carbonyl (C=O) groups is 1. The van der Waals surface area contributed by atoms with Crippen molar-refractivity contribution in [1.29, 1.82) is 0 Å². The van der Waals surface area contributed by atoms with E-state index >= 15 is 0 Å². The van der Waals surface area contributed by atoms with E-state index in [1.807, 2.05) is 24.3 Å². The fourth-order valence-electron chi connectivity index (χ4n) is 3.36. The van der Waals surface area contributed by atoms with Crippen molar-refractivity contribution in [2.45, 2.75) is 12.5 Å². The van der Waals surface area contributed by atoms with Gasteiger partial charge in [0.25, 0.3) is 0 Å². The summed E-state index contributed by atoms with van der Waals surface area (Å²) in [4.78, 5) is 14.4. The summed E-state index contributed by atoms with van der Waals surface area (Å²) >= 11 is 0. The Balaban J connectivity index is 0.00000280. The van der Waals surface area contributed by atoms with Gasteiger partial charge >= 0.3 is 0 Å². The fourth-order valence-corrected chi connectivity index (χ4v) is 3.36. The molecule has 2 N–H and O–H groups in total. The van der Waals surface area contributed by atoms with Gasteiger partial charge in [-0.2, -0.15) is 0 Å². The molecule has 1 aliphatic heterocycles. The zero-order chi connectivity index (χ0) is 19.2. The monoisotopic (exact) mass is 411 g/mol. The average molecular weight is 412 g/mol. The lowest BCUT2D eigenvalue weighted by atomic mass is 10.0. The molecule has 152 valence electrons. The number of para-hydroxylation sites is 1. The second kappa shape index (κ2) is 10.4. The molecule has 0 saturated carbocycles. The van der Waals surface area contributed by atoms with Crippen molar-refractivity contribution < 1.29 is 18.3 Å². The van der Waals surface area contributed by atoms with Crippen LogP contribution in [0.4, 0.5) is 14.5 Å². The fraction of sp³-hybridized carbons (Fsp3) is 0.350. The summed E-state index contributed by atoms with van der Waals surface area (Å²) in [7, 11) is 1.64. The summed E-state index contributed by atoms with van der Waals surface area (Å²) in [5, 5.41) is 5.93. The highest BCUT2D eigenvalue weighted by Gasteiger charge is 2.26. The molecule has 0 aliphatic carbocycles. The van der Waals surface area contributed by atoms with Gasteiger partial charge in [-0.1, -0.05) is 18.2 Å².